The monoisotopic (exact) mass is 306 g/mol. The van der Waals surface area contributed by atoms with Crippen molar-refractivity contribution in [1.29, 1.82) is 0 Å². The number of Topliss-reactive ketones (excluding diaryl/α,β-unsaturated/α-hetero) is 1. The van der Waals surface area contributed by atoms with Gasteiger partial charge in [-0.15, -0.1) is 11.6 Å². The Labute approximate surface area is 104 Å². The molecule has 0 amide bonds. The van der Waals surface area contributed by atoms with E-state index in [1.165, 1.54) is 0 Å². The Morgan fingerprint density at radius 1 is 1.60 bits per heavy atom. The zero-order valence-electron chi connectivity index (χ0n) is 7.35. The van der Waals surface area contributed by atoms with Crippen LogP contribution in [0.1, 0.15) is 10.4 Å². The third-order valence-electron chi connectivity index (χ3n) is 2.00. The smallest absolute Gasteiger partial charge is 0.179 e. The molecule has 15 heavy (non-hydrogen) atoms. The first kappa shape index (κ1) is 10.9. The number of H-pyrrole nitrogens is 1. The summed E-state index contributed by atoms with van der Waals surface area (Å²) >= 11 is 14.6. The maximum Gasteiger partial charge on any atom is 0.179 e. The number of pyridine rings is 1. The number of nitrogens with one attached hydrogen (secondary N) is 1. The summed E-state index contributed by atoms with van der Waals surface area (Å²) in [6, 6.07) is 1.75. The van der Waals surface area contributed by atoms with E-state index in [0.717, 1.165) is 5.39 Å². The summed E-state index contributed by atoms with van der Waals surface area (Å²) < 4.78 is 0.653. The first-order chi connectivity index (χ1) is 7.13. The fraction of sp³-hybridized carbons (Fsp3) is 0.111. The van der Waals surface area contributed by atoms with Crippen LogP contribution in [0.15, 0.2) is 16.7 Å². The number of carbonyl (C=O) groups is 1. The van der Waals surface area contributed by atoms with Gasteiger partial charge in [0.2, 0.25) is 0 Å². The third-order valence-corrected chi connectivity index (χ3v) is 3.36. The molecule has 6 heteroatoms. The molecule has 3 nitrogen and oxygen atoms in total. The second-order valence-electron chi connectivity index (χ2n) is 2.92. The maximum atomic E-state index is 11.5. The second kappa shape index (κ2) is 4.12. The molecule has 0 radical (unpaired) electrons. The van der Waals surface area contributed by atoms with Crippen molar-refractivity contribution in [2.75, 3.05) is 5.88 Å². The van der Waals surface area contributed by atoms with Crippen molar-refractivity contribution in [3.05, 3.63) is 27.5 Å². The Morgan fingerprint density at radius 2 is 2.33 bits per heavy atom. The minimum absolute atomic E-state index is 0.0484. The number of nitrogens with zero attached hydrogens (tertiary/aromatic N) is 1. The lowest BCUT2D eigenvalue weighted by molar-refractivity contribution is 0.102. The molecule has 0 aliphatic carbocycles. The van der Waals surface area contributed by atoms with Crippen LogP contribution in [0.5, 0.6) is 0 Å². The van der Waals surface area contributed by atoms with Crippen LogP contribution in [-0.4, -0.2) is 21.6 Å². The van der Waals surface area contributed by atoms with Crippen LogP contribution >= 0.6 is 39.1 Å². The van der Waals surface area contributed by atoms with Crippen LogP contribution in [0.25, 0.3) is 11.0 Å². The van der Waals surface area contributed by atoms with Gasteiger partial charge in [0.25, 0.3) is 0 Å². The zero-order chi connectivity index (χ0) is 11.0. The summed E-state index contributed by atoms with van der Waals surface area (Å²) in [5.74, 6) is -0.188. The summed E-state index contributed by atoms with van der Waals surface area (Å²) in [7, 11) is 0. The van der Waals surface area contributed by atoms with Gasteiger partial charge in [0.15, 0.2) is 5.78 Å². The van der Waals surface area contributed by atoms with Crippen molar-refractivity contribution >= 4 is 55.9 Å². The molecule has 0 saturated heterocycles. The van der Waals surface area contributed by atoms with E-state index in [9.17, 15) is 4.79 Å². The molecule has 2 rings (SSSR count). The van der Waals surface area contributed by atoms with Gasteiger partial charge >= 0.3 is 0 Å². The van der Waals surface area contributed by atoms with Gasteiger partial charge in [0.05, 0.1) is 10.4 Å². The molecule has 0 fully saturated rings. The van der Waals surface area contributed by atoms with Gasteiger partial charge in [0.1, 0.15) is 10.8 Å². The standard InChI is InChI=1S/C9H5BrCl2N2O/c10-6-1-4-5(7(15)2-11)3-13-9(4)14-8(6)12/h1,3H,2H2,(H,13,14). The van der Waals surface area contributed by atoms with E-state index in [0.29, 0.717) is 20.8 Å². The van der Waals surface area contributed by atoms with Gasteiger partial charge < -0.3 is 4.98 Å². The van der Waals surface area contributed by atoms with Crippen LogP contribution in [0.2, 0.25) is 5.15 Å². The Hall–Kier alpha value is -0.580. The fourth-order valence-corrected chi connectivity index (χ4v) is 1.90. The number of rotatable bonds is 2. The normalized spacial score (nSPS) is 10.9. The molecule has 78 valence electrons. The summed E-state index contributed by atoms with van der Waals surface area (Å²) in [5, 5.41) is 1.08. The van der Waals surface area contributed by atoms with Crippen molar-refractivity contribution in [3.63, 3.8) is 0 Å². The number of ketones is 1. The predicted octanol–water partition coefficient (Wildman–Crippen LogP) is 3.40. The van der Waals surface area contributed by atoms with Crippen molar-refractivity contribution in [3.8, 4) is 0 Å². The molecule has 2 aromatic rings. The van der Waals surface area contributed by atoms with Crippen molar-refractivity contribution in [1.82, 2.24) is 9.97 Å². The summed E-state index contributed by atoms with van der Waals surface area (Å²) in [6.45, 7) is 0. The Bertz CT molecular complexity index is 538. The Balaban J connectivity index is 2.69. The predicted molar refractivity (Wildman–Crippen MR) is 63.9 cm³/mol. The molecule has 0 aliphatic heterocycles. The van der Waals surface area contributed by atoms with Gasteiger partial charge in [-0.1, -0.05) is 11.6 Å². The quantitative estimate of drug-likeness (QED) is 0.525. The molecular weight excluding hydrogens is 303 g/mol. The lowest BCUT2D eigenvalue weighted by Gasteiger charge is -1.97. The van der Waals surface area contributed by atoms with Crippen LogP contribution in [0.3, 0.4) is 0 Å². The first-order valence-corrected chi connectivity index (χ1v) is 5.76. The summed E-state index contributed by atoms with van der Waals surface area (Å²) in [6.07, 6.45) is 1.59. The molecule has 0 unspecified atom stereocenters. The second-order valence-corrected chi connectivity index (χ2v) is 4.40. The van der Waals surface area contributed by atoms with E-state index in [4.69, 9.17) is 23.2 Å². The minimum Gasteiger partial charge on any atom is -0.345 e. The fourth-order valence-electron chi connectivity index (χ4n) is 1.30. The summed E-state index contributed by atoms with van der Waals surface area (Å²) in [5.41, 5.74) is 1.11. The van der Waals surface area contributed by atoms with Crippen LogP contribution in [-0.2, 0) is 0 Å². The van der Waals surface area contributed by atoms with E-state index in [2.05, 4.69) is 25.9 Å². The molecule has 0 bridgehead atoms. The van der Waals surface area contributed by atoms with E-state index >= 15 is 0 Å². The third kappa shape index (κ3) is 1.89. The molecule has 2 aromatic heterocycles. The number of hydrogen-bond acceptors (Lipinski definition) is 2. The molecular formula is C9H5BrCl2N2O. The van der Waals surface area contributed by atoms with Crippen molar-refractivity contribution in [2.45, 2.75) is 0 Å². The van der Waals surface area contributed by atoms with Crippen molar-refractivity contribution in [2.24, 2.45) is 0 Å². The molecule has 0 saturated carbocycles. The molecule has 0 aliphatic rings. The highest BCUT2D eigenvalue weighted by molar-refractivity contribution is 9.10. The van der Waals surface area contributed by atoms with Gasteiger partial charge in [-0.2, -0.15) is 0 Å². The zero-order valence-corrected chi connectivity index (χ0v) is 10.4. The highest BCUT2D eigenvalue weighted by atomic mass is 79.9. The number of hydrogen-bond donors (Lipinski definition) is 1. The Morgan fingerprint density at radius 3 is 3.00 bits per heavy atom. The molecule has 0 aromatic carbocycles. The van der Waals surface area contributed by atoms with Crippen LogP contribution in [0.4, 0.5) is 0 Å². The molecule has 0 atom stereocenters. The van der Waals surface area contributed by atoms with Gasteiger partial charge in [-0.25, -0.2) is 4.98 Å². The molecule has 0 spiro atoms. The van der Waals surface area contributed by atoms with Crippen LogP contribution in [0, 0.1) is 0 Å². The number of aromatic nitrogens is 2. The van der Waals surface area contributed by atoms with Crippen molar-refractivity contribution < 1.29 is 4.79 Å². The lowest BCUT2D eigenvalue weighted by atomic mass is 10.1. The minimum atomic E-state index is -0.140. The average molecular weight is 308 g/mol. The van der Waals surface area contributed by atoms with Crippen LogP contribution < -0.4 is 0 Å². The van der Waals surface area contributed by atoms with Gasteiger partial charge in [-0.3, -0.25) is 4.79 Å². The molecule has 2 heterocycles. The largest absolute Gasteiger partial charge is 0.345 e. The highest BCUT2D eigenvalue weighted by Gasteiger charge is 2.13. The SMILES string of the molecule is O=C(CCl)c1c[nH]c2nc(Cl)c(Br)cc12. The number of alkyl halides is 1. The van der Waals surface area contributed by atoms with E-state index < -0.39 is 0 Å². The van der Waals surface area contributed by atoms with E-state index in [1.807, 2.05) is 0 Å². The highest BCUT2D eigenvalue weighted by Crippen LogP contribution is 2.27. The van der Waals surface area contributed by atoms with E-state index in [-0.39, 0.29) is 11.7 Å². The molecule has 1 N–H and O–H groups in total. The average Bonchev–Trinajstić information content (AvgIpc) is 2.61. The van der Waals surface area contributed by atoms with E-state index in [1.54, 1.807) is 12.3 Å². The number of carbonyl (C=O) groups excluding carboxylic acids is 1. The van der Waals surface area contributed by atoms with Gasteiger partial charge in [-0.05, 0) is 22.0 Å². The topological polar surface area (TPSA) is 45.8 Å². The number of fused-ring (bicyclic) bond motifs is 1. The lowest BCUT2D eigenvalue weighted by Crippen LogP contribution is -1.98. The van der Waals surface area contributed by atoms with Gasteiger partial charge in [0, 0.05) is 17.1 Å². The number of halogens is 3. The summed E-state index contributed by atoms with van der Waals surface area (Å²) in [4.78, 5) is 18.4. The first-order valence-electron chi connectivity index (χ1n) is 4.05. The number of aromatic amines is 1. The Kier molecular flexibility index (Phi) is 3.00. The maximum absolute atomic E-state index is 11.5.